The standard InChI is InChI=1S/C43H33N/c1-43(2)38-23-10-7-20-34(38)41-35-21-8-11-24-39(35)44(40-25-12-9-22-36(40)42(41)43)30-16-13-15-28(26-30)37-27-29-14-3-4-17-31(29)32-18-5-6-19-33(32)37/h3-10,12-23,25-27H,11,24H2,1-2H3. The molecule has 1 aliphatic heterocycles. The van der Waals surface area contributed by atoms with Crippen molar-refractivity contribution in [3.63, 3.8) is 0 Å². The van der Waals surface area contributed by atoms with E-state index in [0.29, 0.717) is 0 Å². The number of fused-ring (bicyclic) bond motifs is 8. The minimum atomic E-state index is -0.104. The van der Waals surface area contributed by atoms with E-state index in [9.17, 15) is 0 Å². The number of hydrogen-bond donors (Lipinski definition) is 0. The van der Waals surface area contributed by atoms with Crippen LogP contribution in [0.2, 0.25) is 0 Å². The highest BCUT2D eigenvalue weighted by molar-refractivity contribution is 6.14. The number of nitrogens with zero attached hydrogens (tertiary/aromatic N) is 1. The van der Waals surface area contributed by atoms with Crippen molar-refractivity contribution >= 4 is 44.1 Å². The Kier molecular flexibility index (Phi) is 5.44. The molecule has 44 heavy (non-hydrogen) atoms. The fraction of sp³-hybridized carbons (Fsp3) is 0.116. The van der Waals surface area contributed by atoms with Gasteiger partial charge < -0.3 is 4.90 Å². The molecule has 0 saturated heterocycles. The maximum Gasteiger partial charge on any atom is 0.0534 e. The summed E-state index contributed by atoms with van der Waals surface area (Å²) in [5.74, 6) is 0. The molecule has 1 heteroatoms. The van der Waals surface area contributed by atoms with Gasteiger partial charge >= 0.3 is 0 Å². The molecule has 3 aliphatic rings. The number of hydrogen-bond acceptors (Lipinski definition) is 1. The summed E-state index contributed by atoms with van der Waals surface area (Å²) in [6, 6.07) is 47.3. The van der Waals surface area contributed by atoms with E-state index in [1.807, 2.05) is 0 Å². The zero-order valence-corrected chi connectivity index (χ0v) is 25.1. The first-order valence-corrected chi connectivity index (χ1v) is 15.8. The van der Waals surface area contributed by atoms with Crippen molar-refractivity contribution in [1.82, 2.24) is 0 Å². The van der Waals surface area contributed by atoms with Crippen molar-refractivity contribution in [3.8, 4) is 11.1 Å². The lowest BCUT2D eigenvalue weighted by Crippen LogP contribution is -2.21. The topological polar surface area (TPSA) is 3.24 Å². The lowest BCUT2D eigenvalue weighted by Gasteiger charge is -2.33. The zero-order valence-electron chi connectivity index (χ0n) is 25.1. The van der Waals surface area contributed by atoms with Crippen LogP contribution < -0.4 is 4.90 Å². The summed E-state index contributed by atoms with van der Waals surface area (Å²) in [5, 5.41) is 5.17. The third-order valence-electron chi connectivity index (χ3n) is 10.0. The number of anilines is 2. The highest BCUT2D eigenvalue weighted by Gasteiger charge is 2.43. The van der Waals surface area contributed by atoms with Crippen molar-refractivity contribution < 1.29 is 0 Å². The third-order valence-corrected chi connectivity index (χ3v) is 10.0. The van der Waals surface area contributed by atoms with Crippen LogP contribution in [0.1, 0.15) is 43.4 Å². The van der Waals surface area contributed by atoms with Crippen molar-refractivity contribution in [3.05, 3.63) is 168 Å². The van der Waals surface area contributed by atoms with Crippen molar-refractivity contribution in [2.45, 2.75) is 32.1 Å². The van der Waals surface area contributed by atoms with Crippen LogP contribution in [0.3, 0.4) is 0 Å². The van der Waals surface area contributed by atoms with E-state index in [1.165, 1.54) is 83.2 Å². The fourth-order valence-corrected chi connectivity index (χ4v) is 8.12. The van der Waals surface area contributed by atoms with Gasteiger partial charge in [0.2, 0.25) is 0 Å². The Hall–Kier alpha value is -5.14. The van der Waals surface area contributed by atoms with Gasteiger partial charge in [0.15, 0.2) is 0 Å². The maximum absolute atomic E-state index is 2.57. The van der Waals surface area contributed by atoms with Gasteiger partial charge in [-0.3, -0.25) is 0 Å². The highest BCUT2D eigenvalue weighted by atomic mass is 15.2. The first-order chi connectivity index (χ1) is 21.6. The van der Waals surface area contributed by atoms with Gasteiger partial charge in [0.1, 0.15) is 0 Å². The largest absolute Gasteiger partial charge is 0.313 e. The van der Waals surface area contributed by atoms with Gasteiger partial charge in [-0.25, -0.2) is 0 Å². The van der Waals surface area contributed by atoms with E-state index in [-0.39, 0.29) is 5.41 Å². The van der Waals surface area contributed by atoms with Crippen LogP contribution in [-0.2, 0) is 5.41 Å². The molecule has 210 valence electrons. The Bertz CT molecular complexity index is 2260. The normalized spacial score (nSPS) is 16.5. The zero-order chi connectivity index (χ0) is 29.4. The second-order valence-corrected chi connectivity index (χ2v) is 12.8. The molecular weight excluding hydrogens is 530 g/mol. The van der Waals surface area contributed by atoms with Crippen LogP contribution in [0.15, 0.2) is 151 Å². The van der Waals surface area contributed by atoms with Crippen LogP contribution in [0.4, 0.5) is 11.4 Å². The molecule has 1 heterocycles. The van der Waals surface area contributed by atoms with Crippen molar-refractivity contribution in [1.29, 1.82) is 0 Å². The summed E-state index contributed by atoms with van der Waals surface area (Å²) >= 11 is 0. The van der Waals surface area contributed by atoms with Gasteiger partial charge in [-0.1, -0.05) is 129 Å². The van der Waals surface area contributed by atoms with Gasteiger partial charge in [0.25, 0.3) is 0 Å². The van der Waals surface area contributed by atoms with E-state index in [4.69, 9.17) is 0 Å². The van der Waals surface area contributed by atoms with Crippen molar-refractivity contribution in [2.75, 3.05) is 4.90 Å². The molecule has 0 amide bonds. The Morgan fingerprint density at radius 3 is 2.23 bits per heavy atom. The molecule has 6 aromatic rings. The minimum absolute atomic E-state index is 0.104. The van der Waals surface area contributed by atoms with Gasteiger partial charge in [-0.15, -0.1) is 0 Å². The Labute approximate surface area is 259 Å². The van der Waals surface area contributed by atoms with Crippen LogP contribution in [0, 0.1) is 0 Å². The first-order valence-electron chi connectivity index (χ1n) is 15.8. The summed E-state index contributed by atoms with van der Waals surface area (Å²) in [6.07, 6.45) is 6.80. The molecule has 9 rings (SSSR count). The van der Waals surface area contributed by atoms with Gasteiger partial charge in [-0.05, 0) is 92.1 Å². The second-order valence-electron chi connectivity index (χ2n) is 12.8. The number of allylic oxidation sites excluding steroid dienone is 6. The lowest BCUT2D eigenvalue weighted by molar-refractivity contribution is 0.704. The average molecular weight is 564 g/mol. The summed E-state index contributed by atoms with van der Waals surface area (Å²) in [6.45, 7) is 4.80. The van der Waals surface area contributed by atoms with Gasteiger partial charge in [0.05, 0.1) is 5.69 Å². The van der Waals surface area contributed by atoms with Crippen LogP contribution >= 0.6 is 0 Å². The number of benzene rings is 6. The van der Waals surface area contributed by atoms with E-state index in [0.717, 1.165) is 12.8 Å². The monoisotopic (exact) mass is 563 g/mol. The molecule has 1 nitrogen and oxygen atoms in total. The molecule has 0 spiro atoms. The summed E-state index contributed by atoms with van der Waals surface area (Å²) < 4.78 is 0. The fourth-order valence-electron chi connectivity index (χ4n) is 8.12. The molecule has 0 N–H and O–H groups in total. The summed E-state index contributed by atoms with van der Waals surface area (Å²) in [7, 11) is 0. The number of para-hydroxylation sites is 1. The quantitative estimate of drug-likeness (QED) is 0.189. The Balaban J connectivity index is 1.31. The molecule has 0 atom stereocenters. The maximum atomic E-state index is 2.57. The molecule has 6 aromatic carbocycles. The molecule has 0 fully saturated rings. The van der Waals surface area contributed by atoms with Gasteiger partial charge in [0, 0.05) is 27.9 Å². The molecule has 0 saturated carbocycles. The molecule has 0 radical (unpaired) electrons. The van der Waals surface area contributed by atoms with Crippen LogP contribution in [0.25, 0.3) is 43.8 Å². The van der Waals surface area contributed by atoms with Crippen molar-refractivity contribution in [2.24, 2.45) is 0 Å². The smallest absolute Gasteiger partial charge is 0.0534 e. The summed E-state index contributed by atoms with van der Waals surface area (Å²) in [5.41, 5.74) is 14.6. The Morgan fingerprint density at radius 2 is 1.34 bits per heavy atom. The third kappa shape index (κ3) is 3.53. The molecule has 2 aliphatic carbocycles. The SMILES string of the molecule is CC1(C)C2=C(C3=C(CCC=C3)N(c3cccc(-c4cc5ccccc5c5ccccc45)c3)c3ccccc32)c2ccccc21. The lowest BCUT2D eigenvalue weighted by atomic mass is 9.77. The van der Waals surface area contributed by atoms with E-state index in [2.05, 4.69) is 158 Å². The second kappa shape index (κ2) is 9.43. The number of rotatable bonds is 2. The molecule has 0 aromatic heterocycles. The van der Waals surface area contributed by atoms with Gasteiger partial charge in [-0.2, -0.15) is 0 Å². The molecule has 0 unspecified atom stereocenters. The predicted molar refractivity (Wildman–Crippen MR) is 187 cm³/mol. The van der Waals surface area contributed by atoms with E-state index < -0.39 is 0 Å². The summed E-state index contributed by atoms with van der Waals surface area (Å²) in [4.78, 5) is 2.57. The Morgan fingerprint density at radius 1 is 0.614 bits per heavy atom. The minimum Gasteiger partial charge on any atom is -0.313 e. The van der Waals surface area contributed by atoms with Crippen LogP contribution in [0.5, 0.6) is 0 Å². The first kappa shape index (κ1) is 25.4. The van der Waals surface area contributed by atoms with E-state index in [1.54, 1.807) is 0 Å². The van der Waals surface area contributed by atoms with E-state index >= 15 is 0 Å². The van der Waals surface area contributed by atoms with Crippen LogP contribution in [-0.4, -0.2) is 0 Å². The molecule has 0 bridgehead atoms. The average Bonchev–Trinajstić information content (AvgIpc) is 3.22. The predicted octanol–water partition coefficient (Wildman–Crippen LogP) is 11.6. The molecular formula is C43H33N. The highest BCUT2D eigenvalue weighted by Crippen LogP contribution is 2.58.